The summed E-state index contributed by atoms with van der Waals surface area (Å²) in [5.41, 5.74) is 3.94. The first kappa shape index (κ1) is 13.6. The van der Waals surface area contributed by atoms with E-state index in [0.29, 0.717) is 10.8 Å². The van der Waals surface area contributed by atoms with Crippen LogP contribution in [-0.2, 0) is 12.8 Å². The molecule has 1 aromatic carbocycles. The Morgan fingerprint density at radius 2 is 1.25 bits per heavy atom. The standard InChI is InChI=1S/C16H14Br4/c17-15(18)11-7-13-5-9-3-1-2-4-10(9)6-14(13,8-12(11)15)16(13,19)20/h1-4,11-12H,5-8H2/t11-,12+,13-,14+. The van der Waals surface area contributed by atoms with Crippen LogP contribution >= 0.6 is 63.7 Å². The summed E-state index contributed by atoms with van der Waals surface area (Å²) in [5.74, 6) is 1.58. The molecule has 1 aromatic rings. The summed E-state index contributed by atoms with van der Waals surface area (Å²) in [5, 5.41) is 0. The van der Waals surface area contributed by atoms with E-state index in [1.54, 1.807) is 11.1 Å². The molecule has 106 valence electrons. The van der Waals surface area contributed by atoms with Gasteiger partial charge < -0.3 is 0 Å². The van der Waals surface area contributed by atoms with E-state index in [-0.39, 0.29) is 6.47 Å². The van der Waals surface area contributed by atoms with E-state index in [4.69, 9.17) is 0 Å². The molecule has 0 aliphatic heterocycles. The van der Waals surface area contributed by atoms with Crippen LogP contribution in [0.1, 0.15) is 24.0 Å². The Kier molecular flexibility index (Phi) is 2.46. The van der Waals surface area contributed by atoms with Crippen molar-refractivity contribution in [2.45, 2.75) is 32.2 Å². The first-order chi connectivity index (χ1) is 9.36. The molecule has 3 saturated carbocycles. The van der Waals surface area contributed by atoms with Crippen molar-refractivity contribution in [2.24, 2.45) is 22.7 Å². The number of halogens is 4. The van der Waals surface area contributed by atoms with Gasteiger partial charge in [-0.05, 0) is 48.6 Å². The van der Waals surface area contributed by atoms with Gasteiger partial charge in [-0.3, -0.25) is 0 Å². The van der Waals surface area contributed by atoms with Crippen LogP contribution in [0.25, 0.3) is 0 Å². The van der Waals surface area contributed by atoms with E-state index in [2.05, 4.69) is 88.0 Å². The van der Waals surface area contributed by atoms with Crippen LogP contribution in [0, 0.1) is 22.7 Å². The lowest BCUT2D eigenvalue weighted by atomic mass is 9.69. The molecule has 0 aromatic heterocycles. The van der Waals surface area contributed by atoms with Gasteiger partial charge in [-0.1, -0.05) is 88.0 Å². The molecule has 0 spiro atoms. The molecule has 20 heavy (non-hydrogen) atoms. The number of benzene rings is 1. The summed E-state index contributed by atoms with van der Waals surface area (Å²) < 4.78 is 0.364. The summed E-state index contributed by atoms with van der Waals surface area (Å²) in [6.07, 6.45) is 5.08. The van der Waals surface area contributed by atoms with Gasteiger partial charge >= 0.3 is 0 Å². The van der Waals surface area contributed by atoms with Crippen LogP contribution in [-0.4, -0.2) is 6.47 Å². The number of hydrogen-bond donors (Lipinski definition) is 0. The summed E-state index contributed by atoms with van der Waals surface area (Å²) >= 11 is 16.0. The summed E-state index contributed by atoms with van der Waals surface area (Å²) in [7, 11) is 0. The fourth-order valence-corrected chi connectivity index (χ4v) is 9.60. The van der Waals surface area contributed by atoms with Gasteiger partial charge in [-0.15, -0.1) is 0 Å². The van der Waals surface area contributed by atoms with Gasteiger partial charge in [0.1, 0.15) is 0 Å². The largest absolute Gasteiger partial charge is 0.0936 e. The lowest BCUT2D eigenvalue weighted by Gasteiger charge is -2.34. The Morgan fingerprint density at radius 3 is 1.70 bits per heavy atom. The van der Waals surface area contributed by atoms with Gasteiger partial charge in [0.05, 0.1) is 6.47 Å². The summed E-state index contributed by atoms with van der Waals surface area (Å²) in [6.45, 7) is 0. The fraction of sp³-hybridized carbons (Fsp3) is 0.625. The van der Waals surface area contributed by atoms with Crippen molar-refractivity contribution in [3.8, 4) is 0 Å². The molecule has 0 nitrogen and oxygen atoms in total. The van der Waals surface area contributed by atoms with Crippen LogP contribution in [0.5, 0.6) is 0 Å². The molecule has 4 atom stereocenters. The second kappa shape index (κ2) is 3.62. The van der Waals surface area contributed by atoms with Crippen LogP contribution in [0.4, 0.5) is 0 Å². The van der Waals surface area contributed by atoms with Crippen molar-refractivity contribution in [1.82, 2.24) is 0 Å². The Labute approximate surface area is 153 Å². The fourth-order valence-electron chi connectivity index (χ4n) is 5.41. The Balaban J connectivity index is 1.64. The van der Waals surface area contributed by atoms with E-state index in [1.165, 1.54) is 25.7 Å². The molecule has 4 aliphatic rings. The minimum atomic E-state index is 0.141. The lowest BCUT2D eigenvalue weighted by Crippen LogP contribution is -2.29. The number of alkyl halides is 4. The molecule has 0 heterocycles. The maximum absolute atomic E-state index is 4.08. The maximum atomic E-state index is 4.08. The first-order valence-electron chi connectivity index (χ1n) is 7.18. The lowest BCUT2D eigenvalue weighted by molar-refractivity contribution is 0.211. The first-order valence-corrected chi connectivity index (χ1v) is 10.4. The molecule has 0 radical (unpaired) electrons. The third-order valence-corrected chi connectivity index (χ3v) is 12.0. The highest BCUT2D eigenvalue weighted by Gasteiger charge is 2.90. The molecule has 5 rings (SSSR count). The predicted molar refractivity (Wildman–Crippen MR) is 96.1 cm³/mol. The zero-order chi connectivity index (χ0) is 14.0. The molecule has 4 heteroatoms. The predicted octanol–water partition coefficient (Wildman–Crippen LogP) is 5.78. The Morgan fingerprint density at radius 1 is 0.800 bits per heavy atom. The van der Waals surface area contributed by atoms with Crippen LogP contribution in [0.3, 0.4) is 0 Å². The normalized spacial score (nSPS) is 48.4. The van der Waals surface area contributed by atoms with Gasteiger partial charge in [-0.25, -0.2) is 0 Å². The molecule has 0 amide bonds. The van der Waals surface area contributed by atoms with Crippen molar-refractivity contribution >= 4 is 63.7 Å². The minimum Gasteiger partial charge on any atom is -0.0721 e. The molecule has 3 fully saturated rings. The quantitative estimate of drug-likeness (QED) is 0.377. The SMILES string of the molecule is BrC1(Br)[C@@H]2C[C@]34Cc5ccccc5C[C@@]3(C[C@@H]21)C4(Br)Br. The van der Waals surface area contributed by atoms with Crippen molar-refractivity contribution in [3.63, 3.8) is 0 Å². The van der Waals surface area contributed by atoms with Crippen molar-refractivity contribution in [1.29, 1.82) is 0 Å². The van der Waals surface area contributed by atoms with Gasteiger partial charge in [0.15, 0.2) is 0 Å². The third-order valence-electron chi connectivity index (χ3n) is 6.66. The monoisotopic (exact) mass is 522 g/mol. The van der Waals surface area contributed by atoms with Gasteiger partial charge in [0.25, 0.3) is 0 Å². The zero-order valence-electron chi connectivity index (χ0n) is 10.8. The second-order valence-electron chi connectivity index (χ2n) is 7.16. The van der Waals surface area contributed by atoms with Crippen molar-refractivity contribution in [2.75, 3.05) is 0 Å². The van der Waals surface area contributed by atoms with Gasteiger partial charge in [0, 0.05) is 10.8 Å². The van der Waals surface area contributed by atoms with E-state index in [9.17, 15) is 0 Å². The van der Waals surface area contributed by atoms with Crippen LogP contribution in [0.2, 0.25) is 0 Å². The molecule has 0 unspecified atom stereocenters. The van der Waals surface area contributed by atoms with E-state index >= 15 is 0 Å². The Bertz CT molecular complexity index is 586. The van der Waals surface area contributed by atoms with Crippen LogP contribution in [0.15, 0.2) is 24.3 Å². The number of rotatable bonds is 0. The van der Waals surface area contributed by atoms with Crippen molar-refractivity contribution < 1.29 is 0 Å². The topological polar surface area (TPSA) is 0 Å². The third kappa shape index (κ3) is 1.24. The van der Waals surface area contributed by atoms with E-state index < -0.39 is 0 Å². The van der Waals surface area contributed by atoms with Crippen LogP contribution < -0.4 is 0 Å². The molecule has 4 aliphatic carbocycles. The maximum Gasteiger partial charge on any atom is 0.0936 e. The highest BCUT2D eigenvalue weighted by Crippen LogP contribution is 2.93. The molecular weight excluding hydrogens is 512 g/mol. The average molecular weight is 526 g/mol. The minimum absolute atomic E-state index is 0.141. The molecule has 0 N–H and O–H groups in total. The molecular formula is C16H14Br4. The summed E-state index contributed by atoms with van der Waals surface area (Å²) in [4.78, 5) is 0. The average Bonchev–Trinajstić information content (AvgIpc) is 3.09. The second-order valence-corrected chi connectivity index (χ2v) is 14.3. The smallest absolute Gasteiger partial charge is 0.0721 e. The van der Waals surface area contributed by atoms with E-state index in [1.807, 2.05) is 0 Å². The number of hydrogen-bond acceptors (Lipinski definition) is 0. The van der Waals surface area contributed by atoms with Gasteiger partial charge in [0.2, 0.25) is 0 Å². The highest BCUT2D eigenvalue weighted by atomic mass is 79.9. The number of fused-ring (bicyclic) bond motifs is 2. The summed E-state index contributed by atoms with van der Waals surface area (Å²) in [6, 6.07) is 9.04. The van der Waals surface area contributed by atoms with Gasteiger partial charge in [-0.2, -0.15) is 0 Å². The van der Waals surface area contributed by atoms with Crippen molar-refractivity contribution in [3.05, 3.63) is 35.4 Å². The highest BCUT2D eigenvalue weighted by molar-refractivity contribution is 9.26. The van der Waals surface area contributed by atoms with E-state index in [0.717, 1.165) is 11.8 Å². The Hall–Kier alpha value is 1.14. The molecule has 0 bridgehead atoms. The molecule has 0 saturated heterocycles. The zero-order valence-corrected chi connectivity index (χ0v) is 17.1.